The summed E-state index contributed by atoms with van der Waals surface area (Å²) < 4.78 is 4.95. The Hall–Kier alpha value is -6.56. The molecule has 250 valence electrons. The number of hydrogen-bond donors (Lipinski definition) is 0. The molecule has 0 atom stereocenters. The highest BCUT2D eigenvalue weighted by atomic mass is 28.3. The van der Waals surface area contributed by atoms with Crippen LogP contribution < -0.4 is 10.5 Å². The molecule has 0 N–H and O–H groups in total. The van der Waals surface area contributed by atoms with Gasteiger partial charge >= 0.3 is 0 Å². The summed E-state index contributed by atoms with van der Waals surface area (Å²) in [6, 6.07) is 61.3. The Kier molecular flexibility index (Phi) is 6.37. The Balaban J connectivity index is 1.31. The van der Waals surface area contributed by atoms with E-state index in [0.717, 1.165) is 39.5 Å². The molecule has 7 aromatic carbocycles. The van der Waals surface area contributed by atoms with Crippen LogP contribution in [0.25, 0.3) is 88.8 Å². The van der Waals surface area contributed by atoms with Crippen molar-refractivity contribution in [3.63, 3.8) is 0 Å². The van der Waals surface area contributed by atoms with Crippen molar-refractivity contribution in [2.45, 2.75) is 13.1 Å². The van der Waals surface area contributed by atoms with Gasteiger partial charge in [0.15, 0.2) is 5.82 Å². The largest absolute Gasteiger partial charge is 0.307 e. The topological polar surface area (TPSA) is 35.6 Å². The summed E-state index contributed by atoms with van der Waals surface area (Å²) in [5, 5.41) is 7.53. The number of hydrogen-bond acceptors (Lipinski definition) is 2. The second kappa shape index (κ2) is 11.2. The van der Waals surface area contributed by atoms with Gasteiger partial charge in [-0.15, -0.1) is 0 Å². The van der Waals surface area contributed by atoms with Gasteiger partial charge in [0.1, 0.15) is 8.07 Å². The summed E-state index contributed by atoms with van der Waals surface area (Å²) in [5.74, 6) is 0.774. The lowest BCUT2D eigenvalue weighted by Gasteiger charge is -2.20. The molecule has 0 radical (unpaired) electrons. The monoisotopic (exact) mass is 694 g/mol. The van der Waals surface area contributed by atoms with E-state index in [9.17, 15) is 0 Å². The molecule has 3 aromatic heterocycles. The zero-order chi connectivity index (χ0) is 35.3. The first kappa shape index (κ1) is 30.1. The number of para-hydroxylation sites is 4. The van der Waals surface area contributed by atoms with E-state index in [2.05, 4.69) is 192 Å². The molecule has 4 nitrogen and oxygen atoms in total. The second-order valence-corrected chi connectivity index (χ2v) is 18.8. The average Bonchev–Trinajstić information content (AvgIpc) is 3.82. The quantitative estimate of drug-likeness (QED) is 0.172. The first-order valence-corrected chi connectivity index (χ1v) is 21.3. The van der Waals surface area contributed by atoms with Crippen LogP contribution in [-0.2, 0) is 0 Å². The van der Waals surface area contributed by atoms with Gasteiger partial charge in [-0.25, -0.2) is 9.97 Å². The van der Waals surface area contributed by atoms with E-state index in [0.29, 0.717) is 0 Å². The van der Waals surface area contributed by atoms with Crippen LogP contribution in [0, 0.1) is 0 Å². The zero-order valence-electron chi connectivity index (χ0n) is 29.5. The molecular weight excluding hydrogens is 661 g/mol. The lowest BCUT2D eigenvalue weighted by Crippen LogP contribution is -2.50. The lowest BCUT2D eigenvalue weighted by atomic mass is 9.99. The van der Waals surface area contributed by atoms with Crippen molar-refractivity contribution >= 4 is 62.2 Å². The molecule has 0 spiro atoms. The third kappa shape index (κ3) is 4.23. The molecule has 0 unspecified atom stereocenters. The van der Waals surface area contributed by atoms with E-state index in [1.807, 2.05) is 0 Å². The van der Waals surface area contributed by atoms with Crippen LogP contribution in [0.15, 0.2) is 170 Å². The highest BCUT2D eigenvalue weighted by Gasteiger charge is 2.41. The van der Waals surface area contributed by atoms with Crippen molar-refractivity contribution in [1.82, 2.24) is 19.1 Å². The van der Waals surface area contributed by atoms with E-state index >= 15 is 0 Å². The summed E-state index contributed by atoms with van der Waals surface area (Å²) in [7, 11) is -2.14. The standard InChI is InChI=1S/C48H34N4Si/c1-53(2)42-28-16-12-24-38(42)43-44(49-47(50-48(43)53)31-17-5-3-6-18-31)37-23-11-15-27-41(37)52-40-26-14-10-22-34(40)36-30-29-35-33-21-9-13-25-39(33)51(45(35)46(36)52)32-19-7-4-8-20-32/h3-30H,1-2H3. The van der Waals surface area contributed by atoms with E-state index in [-0.39, 0.29) is 0 Å². The Morgan fingerprint density at radius 1 is 0.453 bits per heavy atom. The maximum absolute atomic E-state index is 5.53. The summed E-state index contributed by atoms with van der Waals surface area (Å²) in [5.41, 5.74) is 12.5. The minimum atomic E-state index is -2.14. The molecule has 53 heavy (non-hydrogen) atoms. The molecule has 0 aliphatic carbocycles. The zero-order valence-corrected chi connectivity index (χ0v) is 30.5. The fraction of sp³-hybridized carbons (Fsp3) is 0.0417. The molecule has 1 aliphatic rings. The van der Waals surface area contributed by atoms with E-state index < -0.39 is 8.07 Å². The molecule has 4 heterocycles. The average molecular weight is 695 g/mol. The fourth-order valence-electron chi connectivity index (χ4n) is 8.92. The number of fused-ring (bicyclic) bond motifs is 10. The highest BCUT2D eigenvalue weighted by molar-refractivity contribution is 7.03. The van der Waals surface area contributed by atoms with Crippen LogP contribution in [-0.4, -0.2) is 27.2 Å². The Bertz CT molecular complexity index is 3080. The molecule has 11 rings (SSSR count). The number of rotatable bonds is 4. The van der Waals surface area contributed by atoms with Gasteiger partial charge in [-0.05, 0) is 41.1 Å². The molecule has 0 fully saturated rings. The second-order valence-electron chi connectivity index (χ2n) is 14.6. The van der Waals surface area contributed by atoms with Gasteiger partial charge in [-0.3, -0.25) is 0 Å². The van der Waals surface area contributed by atoms with E-state index in [1.165, 1.54) is 59.7 Å². The van der Waals surface area contributed by atoms with Gasteiger partial charge in [0.25, 0.3) is 0 Å². The number of nitrogens with zero attached hydrogens (tertiary/aromatic N) is 4. The summed E-state index contributed by atoms with van der Waals surface area (Å²) >= 11 is 0. The molecule has 0 amide bonds. The van der Waals surface area contributed by atoms with Crippen molar-refractivity contribution in [1.29, 1.82) is 0 Å². The maximum atomic E-state index is 5.53. The van der Waals surface area contributed by atoms with Crippen LogP contribution in [0.5, 0.6) is 0 Å². The molecule has 0 bridgehead atoms. The SMILES string of the molecule is C[Si]1(C)c2ccccc2-c2c(-c3ccccc3-n3c4ccccc4c4ccc5c6ccccc6n(-c6ccccc6)c5c43)nc(-c3ccccc3)nc21. The third-order valence-electron chi connectivity index (χ3n) is 11.3. The first-order chi connectivity index (χ1) is 26.1. The van der Waals surface area contributed by atoms with Crippen LogP contribution in [0.2, 0.25) is 13.1 Å². The van der Waals surface area contributed by atoms with Gasteiger partial charge in [0.2, 0.25) is 0 Å². The van der Waals surface area contributed by atoms with Crippen molar-refractivity contribution in [2.24, 2.45) is 0 Å². The van der Waals surface area contributed by atoms with E-state index in [4.69, 9.17) is 9.97 Å². The van der Waals surface area contributed by atoms with Gasteiger partial charge in [0, 0.05) is 49.2 Å². The van der Waals surface area contributed by atoms with Crippen molar-refractivity contribution in [2.75, 3.05) is 0 Å². The van der Waals surface area contributed by atoms with Crippen LogP contribution in [0.4, 0.5) is 0 Å². The normalized spacial score (nSPS) is 13.2. The Morgan fingerprint density at radius 3 is 1.72 bits per heavy atom. The predicted octanol–water partition coefficient (Wildman–Crippen LogP) is 10.8. The van der Waals surface area contributed by atoms with Crippen molar-refractivity contribution in [3.05, 3.63) is 170 Å². The maximum Gasteiger partial charge on any atom is 0.159 e. The summed E-state index contributed by atoms with van der Waals surface area (Å²) in [4.78, 5) is 11.0. The number of aromatic nitrogens is 4. The smallest absolute Gasteiger partial charge is 0.159 e. The molecular formula is C48H34N4Si. The van der Waals surface area contributed by atoms with Gasteiger partial charge in [0.05, 0.1) is 33.4 Å². The van der Waals surface area contributed by atoms with Crippen molar-refractivity contribution in [3.8, 4) is 45.1 Å². The molecule has 1 aliphatic heterocycles. The van der Waals surface area contributed by atoms with Gasteiger partial charge in [-0.1, -0.05) is 153 Å². The first-order valence-electron chi connectivity index (χ1n) is 18.3. The highest BCUT2D eigenvalue weighted by Crippen LogP contribution is 2.44. The van der Waals surface area contributed by atoms with Crippen molar-refractivity contribution < 1.29 is 0 Å². The Labute approximate surface area is 308 Å². The molecule has 0 saturated heterocycles. The van der Waals surface area contributed by atoms with Gasteiger partial charge < -0.3 is 9.13 Å². The Morgan fingerprint density at radius 2 is 1.00 bits per heavy atom. The minimum Gasteiger partial charge on any atom is -0.307 e. The molecule has 0 saturated carbocycles. The lowest BCUT2D eigenvalue weighted by molar-refractivity contribution is 1.14. The predicted molar refractivity (Wildman–Crippen MR) is 224 cm³/mol. The summed E-state index contributed by atoms with van der Waals surface area (Å²) in [6.45, 7) is 4.86. The number of benzene rings is 7. The van der Waals surface area contributed by atoms with Crippen LogP contribution in [0.3, 0.4) is 0 Å². The van der Waals surface area contributed by atoms with Crippen LogP contribution >= 0.6 is 0 Å². The van der Waals surface area contributed by atoms with Crippen LogP contribution in [0.1, 0.15) is 0 Å². The van der Waals surface area contributed by atoms with Gasteiger partial charge in [-0.2, -0.15) is 0 Å². The van der Waals surface area contributed by atoms with E-state index in [1.54, 1.807) is 0 Å². The molecule has 5 heteroatoms. The molecule has 10 aromatic rings. The fourth-order valence-corrected chi connectivity index (χ4v) is 11.8. The third-order valence-corrected chi connectivity index (χ3v) is 14.6. The summed E-state index contributed by atoms with van der Waals surface area (Å²) in [6.07, 6.45) is 0. The minimum absolute atomic E-state index is 0.774.